The Balaban J connectivity index is 1.59. The molecule has 2 aromatic rings. The molecule has 0 bridgehead atoms. The minimum Gasteiger partial charge on any atom is -0.495 e. The van der Waals surface area contributed by atoms with Gasteiger partial charge in [-0.3, -0.25) is 15.2 Å². The van der Waals surface area contributed by atoms with E-state index in [1.54, 1.807) is 24.7 Å². The van der Waals surface area contributed by atoms with Crippen molar-refractivity contribution >= 4 is 23.1 Å². The lowest BCUT2D eigenvalue weighted by molar-refractivity contribution is 0.102. The van der Waals surface area contributed by atoms with E-state index in [0.29, 0.717) is 17.0 Å². The molecule has 0 saturated heterocycles. The maximum absolute atomic E-state index is 12.5. The van der Waals surface area contributed by atoms with Crippen molar-refractivity contribution in [1.29, 1.82) is 0 Å². The SMILES string of the molecule is COc1cncc(C(=O)Nc2cccc(C(C)NC=CN=C3CC(C)=NN3)c2)c1. The Bertz CT molecular complexity index is 967. The van der Waals surface area contributed by atoms with E-state index >= 15 is 0 Å². The summed E-state index contributed by atoms with van der Waals surface area (Å²) in [6.07, 6.45) is 7.29. The van der Waals surface area contributed by atoms with Crippen molar-refractivity contribution in [1.82, 2.24) is 15.7 Å². The molecule has 0 aliphatic carbocycles. The molecule has 1 aromatic heterocycles. The van der Waals surface area contributed by atoms with Gasteiger partial charge in [0.1, 0.15) is 11.6 Å². The fraction of sp³-hybridized carbons (Fsp3) is 0.238. The minimum absolute atomic E-state index is 0.0383. The van der Waals surface area contributed by atoms with E-state index < -0.39 is 0 Å². The summed E-state index contributed by atoms with van der Waals surface area (Å²) in [5.41, 5.74) is 6.06. The molecule has 29 heavy (non-hydrogen) atoms. The van der Waals surface area contributed by atoms with Crippen molar-refractivity contribution in [2.45, 2.75) is 26.3 Å². The Hall–Kier alpha value is -3.68. The number of methoxy groups -OCH3 is 1. The summed E-state index contributed by atoms with van der Waals surface area (Å²) in [6.45, 7) is 3.99. The van der Waals surface area contributed by atoms with Gasteiger partial charge in [-0.15, -0.1) is 0 Å². The van der Waals surface area contributed by atoms with Gasteiger partial charge in [-0.2, -0.15) is 5.10 Å². The summed E-state index contributed by atoms with van der Waals surface area (Å²) in [4.78, 5) is 20.8. The molecular weight excluding hydrogens is 368 g/mol. The number of amidine groups is 1. The summed E-state index contributed by atoms with van der Waals surface area (Å²) in [6, 6.07) is 9.36. The second-order valence-electron chi connectivity index (χ2n) is 6.61. The van der Waals surface area contributed by atoms with Crippen LogP contribution in [0.1, 0.15) is 42.2 Å². The Kier molecular flexibility index (Phi) is 6.57. The normalized spacial score (nSPS) is 15.7. The monoisotopic (exact) mass is 392 g/mol. The quantitative estimate of drug-likeness (QED) is 0.672. The van der Waals surface area contributed by atoms with Crippen LogP contribution in [0.3, 0.4) is 0 Å². The van der Waals surface area contributed by atoms with Gasteiger partial charge in [0.15, 0.2) is 0 Å². The second-order valence-corrected chi connectivity index (χ2v) is 6.61. The van der Waals surface area contributed by atoms with E-state index in [-0.39, 0.29) is 11.9 Å². The lowest BCUT2D eigenvalue weighted by atomic mass is 10.1. The third-order valence-corrected chi connectivity index (χ3v) is 4.31. The van der Waals surface area contributed by atoms with Crippen LogP contribution in [0.5, 0.6) is 5.75 Å². The Morgan fingerprint density at radius 3 is 2.97 bits per heavy atom. The van der Waals surface area contributed by atoms with E-state index in [1.165, 1.54) is 13.3 Å². The number of aromatic nitrogens is 1. The highest BCUT2D eigenvalue weighted by atomic mass is 16.5. The zero-order valence-corrected chi connectivity index (χ0v) is 16.6. The van der Waals surface area contributed by atoms with Crippen molar-refractivity contribution in [2.75, 3.05) is 12.4 Å². The average molecular weight is 392 g/mol. The number of nitrogens with zero attached hydrogens (tertiary/aromatic N) is 3. The number of hydrogen-bond donors (Lipinski definition) is 3. The van der Waals surface area contributed by atoms with Gasteiger partial charge >= 0.3 is 0 Å². The zero-order chi connectivity index (χ0) is 20.6. The topological polar surface area (TPSA) is 100 Å². The van der Waals surface area contributed by atoms with Crippen molar-refractivity contribution in [3.05, 3.63) is 66.3 Å². The first-order valence-electron chi connectivity index (χ1n) is 9.22. The molecule has 1 amide bonds. The molecule has 3 rings (SSSR count). The first-order chi connectivity index (χ1) is 14.0. The average Bonchev–Trinajstić information content (AvgIpc) is 3.16. The van der Waals surface area contributed by atoms with Crippen LogP contribution >= 0.6 is 0 Å². The number of pyridine rings is 1. The molecule has 1 aromatic carbocycles. The van der Waals surface area contributed by atoms with Gasteiger partial charge in [0.25, 0.3) is 5.91 Å². The van der Waals surface area contributed by atoms with Crippen LogP contribution in [0.2, 0.25) is 0 Å². The number of hydrogen-bond acceptors (Lipinski definition) is 6. The van der Waals surface area contributed by atoms with Crippen molar-refractivity contribution in [3.8, 4) is 5.75 Å². The number of amides is 1. The molecule has 3 N–H and O–H groups in total. The number of anilines is 1. The lowest BCUT2D eigenvalue weighted by Crippen LogP contribution is -2.14. The Morgan fingerprint density at radius 2 is 2.21 bits per heavy atom. The number of benzene rings is 1. The minimum atomic E-state index is -0.244. The molecular formula is C21H24N6O2. The molecule has 8 nitrogen and oxygen atoms in total. The van der Waals surface area contributed by atoms with Crippen LogP contribution in [0.15, 0.2) is 65.2 Å². The number of carbonyl (C=O) groups is 1. The van der Waals surface area contributed by atoms with Crippen LogP contribution in [-0.2, 0) is 0 Å². The van der Waals surface area contributed by atoms with Crippen LogP contribution in [0.25, 0.3) is 0 Å². The van der Waals surface area contributed by atoms with Gasteiger partial charge in [-0.25, -0.2) is 4.99 Å². The molecule has 1 atom stereocenters. The highest BCUT2D eigenvalue weighted by Gasteiger charge is 2.10. The predicted octanol–water partition coefficient (Wildman–Crippen LogP) is 3.23. The van der Waals surface area contributed by atoms with E-state index in [2.05, 4.69) is 31.1 Å². The number of carbonyl (C=O) groups excluding carboxylic acids is 1. The smallest absolute Gasteiger partial charge is 0.257 e. The van der Waals surface area contributed by atoms with Crippen molar-refractivity contribution in [2.24, 2.45) is 10.1 Å². The maximum atomic E-state index is 12.5. The molecule has 0 radical (unpaired) electrons. The zero-order valence-electron chi connectivity index (χ0n) is 16.6. The summed E-state index contributed by atoms with van der Waals surface area (Å²) in [5, 5.41) is 10.2. The van der Waals surface area contributed by atoms with Crippen LogP contribution in [-0.4, -0.2) is 29.5 Å². The van der Waals surface area contributed by atoms with E-state index in [9.17, 15) is 4.79 Å². The van der Waals surface area contributed by atoms with Crippen LogP contribution in [0, 0.1) is 0 Å². The number of rotatable bonds is 7. The first-order valence-corrected chi connectivity index (χ1v) is 9.22. The van der Waals surface area contributed by atoms with Crippen LogP contribution in [0.4, 0.5) is 5.69 Å². The number of nitrogens with one attached hydrogen (secondary N) is 3. The Morgan fingerprint density at radius 1 is 1.34 bits per heavy atom. The fourth-order valence-corrected chi connectivity index (χ4v) is 2.71. The molecule has 1 unspecified atom stereocenters. The summed E-state index contributed by atoms with van der Waals surface area (Å²) in [5.74, 6) is 1.12. The second kappa shape index (κ2) is 9.50. The van der Waals surface area contributed by atoms with Gasteiger partial charge < -0.3 is 15.4 Å². The van der Waals surface area contributed by atoms with Crippen LogP contribution < -0.4 is 20.8 Å². The lowest BCUT2D eigenvalue weighted by Gasteiger charge is -2.14. The fourth-order valence-electron chi connectivity index (χ4n) is 2.71. The Labute approximate surface area is 169 Å². The predicted molar refractivity (Wildman–Crippen MR) is 114 cm³/mol. The third kappa shape index (κ3) is 5.65. The van der Waals surface area contributed by atoms with Crippen molar-refractivity contribution in [3.63, 3.8) is 0 Å². The molecule has 0 fully saturated rings. The van der Waals surface area contributed by atoms with E-state index in [0.717, 1.165) is 23.5 Å². The molecule has 1 aliphatic heterocycles. The number of hydrazone groups is 1. The molecule has 2 heterocycles. The summed E-state index contributed by atoms with van der Waals surface area (Å²) < 4.78 is 5.11. The maximum Gasteiger partial charge on any atom is 0.257 e. The first kappa shape index (κ1) is 20.1. The van der Waals surface area contributed by atoms with Gasteiger partial charge in [-0.05, 0) is 37.6 Å². The molecule has 0 spiro atoms. The number of ether oxygens (including phenoxy) is 1. The summed E-state index contributed by atoms with van der Waals surface area (Å²) in [7, 11) is 1.54. The highest BCUT2D eigenvalue weighted by molar-refractivity contribution is 6.06. The molecule has 1 aliphatic rings. The standard InChI is InChI=1S/C21H24N6O2/c1-14-9-20(27-26-14)24-8-7-23-15(2)16-5-4-6-18(10-16)25-21(28)17-11-19(29-3)13-22-12-17/h4-8,10-13,15,23H,9H2,1-3H3,(H,24,27)(H,25,28). The number of aliphatic imine (C=N–C) groups is 1. The summed E-state index contributed by atoms with van der Waals surface area (Å²) >= 11 is 0. The van der Waals surface area contributed by atoms with E-state index in [4.69, 9.17) is 4.74 Å². The highest BCUT2D eigenvalue weighted by Crippen LogP contribution is 2.19. The largest absolute Gasteiger partial charge is 0.495 e. The van der Waals surface area contributed by atoms with Gasteiger partial charge in [0.2, 0.25) is 0 Å². The third-order valence-electron chi connectivity index (χ3n) is 4.31. The molecule has 8 heteroatoms. The van der Waals surface area contributed by atoms with Gasteiger partial charge in [-0.1, -0.05) is 12.1 Å². The molecule has 0 saturated carbocycles. The molecule has 150 valence electrons. The van der Waals surface area contributed by atoms with Crippen molar-refractivity contribution < 1.29 is 9.53 Å². The van der Waals surface area contributed by atoms with E-state index in [1.807, 2.05) is 38.1 Å². The van der Waals surface area contributed by atoms with Gasteiger partial charge in [0.05, 0.1) is 18.9 Å². The van der Waals surface area contributed by atoms with Gasteiger partial charge in [0, 0.05) is 42.5 Å².